The molecular formula is C16H22ClNO2. The summed E-state index contributed by atoms with van der Waals surface area (Å²) < 4.78 is 5.51. The highest BCUT2D eigenvalue weighted by atomic mass is 35.5. The monoisotopic (exact) mass is 295 g/mol. The van der Waals surface area contributed by atoms with Crippen LogP contribution in [0.15, 0.2) is 18.2 Å². The predicted molar refractivity (Wildman–Crippen MR) is 81.3 cm³/mol. The summed E-state index contributed by atoms with van der Waals surface area (Å²) in [6, 6.07) is 5.86. The van der Waals surface area contributed by atoms with Gasteiger partial charge >= 0.3 is 0 Å². The molecule has 1 N–H and O–H groups in total. The van der Waals surface area contributed by atoms with E-state index in [1.54, 1.807) is 6.07 Å². The molecular weight excluding hydrogens is 274 g/mol. The first kappa shape index (κ1) is 15.2. The normalized spacial score (nSPS) is 16.5. The van der Waals surface area contributed by atoms with Gasteiger partial charge in [-0.2, -0.15) is 0 Å². The van der Waals surface area contributed by atoms with Gasteiger partial charge in [-0.05, 0) is 37.5 Å². The van der Waals surface area contributed by atoms with E-state index in [2.05, 4.69) is 5.32 Å². The maximum Gasteiger partial charge on any atom is 0.258 e. The Hall–Kier alpha value is -1.22. The van der Waals surface area contributed by atoms with Gasteiger partial charge in [-0.1, -0.05) is 43.4 Å². The molecule has 2 rings (SSSR count). The molecule has 1 aliphatic rings. The molecule has 1 aromatic carbocycles. The molecule has 0 bridgehead atoms. The number of halogens is 1. The number of hydrogen-bond donors (Lipinski definition) is 1. The number of carbonyl (C=O) groups is 1. The van der Waals surface area contributed by atoms with Gasteiger partial charge in [0.15, 0.2) is 6.61 Å². The van der Waals surface area contributed by atoms with Gasteiger partial charge in [0.1, 0.15) is 5.75 Å². The van der Waals surface area contributed by atoms with Crippen LogP contribution in [0.5, 0.6) is 5.75 Å². The Kier molecular flexibility index (Phi) is 5.72. The highest BCUT2D eigenvalue weighted by Crippen LogP contribution is 2.25. The minimum atomic E-state index is -0.0607. The lowest BCUT2D eigenvalue weighted by Gasteiger charge is -2.16. The van der Waals surface area contributed by atoms with Crippen LogP contribution >= 0.6 is 11.6 Å². The van der Waals surface area contributed by atoms with Gasteiger partial charge in [0.05, 0.1) is 5.02 Å². The molecule has 4 heteroatoms. The molecule has 3 nitrogen and oxygen atoms in total. The average Bonchev–Trinajstić information content (AvgIpc) is 2.68. The van der Waals surface area contributed by atoms with Crippen molar-refractivity contribution in [3.63, 3.8) is 0 Å². The summed E-state index contributed by atoms with van der Waals surface area (Å²) in [5, 5.41) is 3.60. The van der Waals surface area contributed by atoms with E-state index in [4.69, 9.17) is 16.3 Å². The van der Waals surface area contributed by atoms with Crippen LogP contribution in [0.1, 0.15) is 44.1 Å². The van der Waals surface area contributed by atoms with Crippen molar-refractivity contribution in [2.45, 2.75) is 51.5 Å². The quantitative estimate of drug-likeness (QED) is 0.857. The van der Waals surface area contributed by atoms with Gasteiger partial charge in [0, 0.05) is 6.04 Å². The van der Waals surface area contributed by atoms with Crippen molar-refractivity contribution < 1.29 is 9.53 Å². The maximum absolute atomic E-state index is 11.9. The molecule has 0 saturated heterocycles. The van der Waals surface area contributed by atoms with E-state index in [9.17, 15) is 4.79 Å². The topological polar surface area (TPSA) is 38.3 Å². The Bertz CT molecular complexity index is 454. The molecule has 0 atom stereocenters. The van der Waals surface area contributed by atoms with Crippen LogP contribution in [0.4, 0.5) is 0 Å². The highest BCUT2D eigenvalue weighted by Gasteiger charge is 2.15. The van der Waals surface area contributed by atoms with Crippen LogP contribution in [0.25, 0.3) is 0 Å². The smallest absolute Gasteiger partial charge is 0.258 e. The van der Waals surface area contributed by atoms with Crippen molar-refractivity contribution in [3.05, 3.63) is 28.8 Å². The van der Waals surface area contributed by atoms with Crippen molar-refractivity contribution in [3.8, 4) is 5.75 Å². The number of carbonyl (C=O) groups excluding carboxylic acids is 1. The second-order valence-electron chi connectivity index (χ2n) is 5.48. The largest absolute Gasteiger partial charge is 0.482 e. The molecule has 1 aliphatic carbocycles. The number of hydrogen-bond acceptors (Lipinski definition) is 2. The van der Waals surface area contributed by atoms with Crippen LogP contribution < -0.4 is 10.1 Å². The fourth-order valence-corrected chi connectivity index (χ4v) is 2.73. The van der Waals surface area contributed by atoms with Crippen LogP contribution in [0, 0.1) is 6.92 Å². The second-order valence-corrected chi connectivity index (χ2v) is 5.89. The highest BCUT2D eigenvalue weighted by molar-refractivity contribution is 6.32. The zero-order chi connectivity index (χ0) is 14.4. The fourth-order valence-electron chi connectivity index (χ4n) is 2.56. The molecule has 0 aromatic heterocycles. The Morgan fingerprint density at radius 3 is 2.70 bits per heavy atom. The Balaban J connectivity index is 1.81. The van der Waals surface area contributed by atoms with E-state index in [1.165, 1.54) is 25.7 Å². The molecule has 0 aliphatic heterocycles. The summed E-state index contributed by atoms with van der Waals surface area (Å²) in [4.78, 5) is 11.9. The molecule has 20 heavy (non-hydrogen) atoms. The van der Waals surface area contributed by atoms with Crippen molar-refractivity contribution in [2.75, 3.05) is 6.61 Å². The molecule has 1 fully saturated rings. The summed E-state index contributed by atoms with van der Waals surface area (Å²) in [6.07, 6.45) is 7.13. The van der Waals surface area contributed by atoms with Crippen molar-refractivity contribution >= 4 is 17.5 Å². The molecule has 0 radical (unpaired) electrons. The third-order valence-electron chi connectivity index (χ3n) is 3.67. The standard InChI is InChI=1S/C16H22ClNO2/c1-12-8-9-14(17)15(10-12)20-11-16(19)18-13-6-4-2-3-5-7-13/h8-10,13H,2-7,11H2,1H3,(H,18,19). The molecule has 1 saturated carbocycles. The van der Waals surface area contributed by atoms with Crippen LogP contribution in [0.2, 0.25) is 5.02 Å². The molecule has 0 spiro atoms. The molecule has 1 amide bonds. The first-order valence-corrected chi connectivity index (χ1v) is 7.71. The zero-order valence-corrected chi connectivity index (χ0v) is 12.7. The Morgan fingerprint density at radius 1 is 1.30 bits per heavy atom. The van der Waals surface area contributed by atoms with E-state index in [0.717, 1.165) is 18.4 Å². The summed E-state index contributed by atoms with van der Waals surface area (Å²) in [5.74, 6) is 0.511. The van der Waals surface area contributed by atoms with Gasteiger partial charge in [-0.25, -0.2) is 0 Å². The minimum absolute atomic E-state index is 0.0275. The van der Waals surface area contributed by atoms with Gasteiger partial charge in [-0.15, -0.1) is 0 Å². The first-order valence-electron chi connectivity index (χ1n) is 7.33. The van der Waals surface area contributed by atoms with E-state index < -0.39 is 0 Å². The number of amides is 1. The first-order chi connectivity index (χ1) is 9.65. The number of benzene rings is 1. The maximum atomic E-state index is 11.9. The van der Waals surface area contributed by atoms with Crippen molar-refractivity contribution in [1.29, 1.82) is 0 Å². The predicted octanol–water partition coefficient (Wildman–Crippen LogP) is 3.87. The minimum Gasteiger partial charge on any atom is -0.482 e. The average molecular weight is 296 g/mol. The van der Waals surface area contributed by atoms with Crippen LogP contribution in [-0.4, -0.2) is 18.6 Å². The lowest BCUT2D eigenvalue weighted by molar-refractivity contribution is -0.123. The van der Waals surface area contributed by atoms with Gasteiger partial charge in [-0.3, -0.25) is 4.79 Å². The Labute approximate surface area is 125 Å². The van der Waals surface area contributed by atoms with Crippen molar-refractivity contribution in [2.24, 2.45) is 0 Å². The Morgan fingerprint density at radius 2 is 2.00 bits per heavy atom. The van der Waals surface area contributed by atoms with E-state index in [0.29, 0.717) is 16.8 Å². The van der Waals surface area contributed by atoms with Crippen LogP contribution in [-0.2, 0) is 4.79 Å². The summed E-state index contributed by atoms with van der Waals surface area (Å²) in [5.41, 5.74) is 1.06. The summed E-state index contributed by atoms with van der Waals surface area (Å²) in [6.45, 7) is 1.99. The summed E-state index contributed by atoms with van der Waals surface area (Å²) in [7, 11) is 0. The molecule has 110 valence electrons. The van der Waals surface area contributed by atoms with Crippen molar-refractivity contribution in [1.82, 2.24) is 5.32 Å². The number of rotatable bonds is 4. The van der Waals surface area contributed by atoms with Gasteiger partial charge in [0.2, 0.25) is 0 Å². The number of nitrogens with one attached hydrogen (secondary N) is 1. The molecule has 0 unspecified atom stereocenters. The van der Waals surface area contributed by atoms with E-state index in [1.807, 2.05) is 19.1 Å². The SMILES string of the molecule is Cc1ccc(Cl)c(OCC(=O)NC2CCCCCC2)c1. The summed E-state index contributed by atoms with van der Waals surface area (Å²) >= 11 is 6.04. The second kappa shape index (κ2) is 7.53. The third kappa shape index (κ3) is 4.71. The molecule has 1 aromatic rings. The number of aryl methyl sites for hydroxylation is 1. The lowest BCUT2D eigenvalue weighted by atomic mass is 10.1. The van der Waals surface area contributed by atoms with E-state index >= 15 is 0 Å². The van der Waals surface area contributed by atoms with E-state index in [-0.39, 0.29) is 12.5 Å². The zero-order valence-electron chi connectivity index (χ0n) is 12.0. The number of ether oxygens (including phenoxy) is 1. The molecule has 0 heterocycles. The van der Waals surface area contributed by atoms with Gasteiger partial charge in [0.25, 0.3) is 5.91 Å². The van der Waals surface area contributed by atoms with Crippen LogP contribution in [0.3, 0.4) is 0 Å². The van der Waals surface area contributed by atoms with Gasteiger partial charge < -0.3 is 10.1 Å². The third-order valence-corrected chi connectivity index (χ3v) is 3.98. The lowest BCUT2D eigenvalue weighted by Crippen LogP contribution is -2.37. The fraction of sp³-hybridized carbons (Fsp3) is 0.562.